The highest BCUT2D eigenvalue weighted by molar-refractivity contribution is 14.0. The van der Waals surface area contributed by atoms with Crippen LogP contribution < -0.4 is 20.1 Å². The molecular formula is C21H23FIN5O2. The van der Waals surface area contributed by atoms with Gasteiger partial charge in [0.1, 0.15) is 5.82 Å². The van der Waals surface area contributed by atoms with Gasteiger partial charge in [0.2, 0.25) is 6.79 Å². The molecule has 0 unspecified atom stereocenters. The fourth-order valence-corrected chi connectivity index (χ4v) is 3.01. The molecule has 2 aromatic carbocycles. The van der Waals surface area contributed by atoms with Gasteiger partial charge in [-0.15, -0.1) is 24.0 Å². The standard InChI is InChI=1S/C21H22FN5O2.HI/c1-2-24-21(26-12-16-4-6-19-20(10-16)29-14-28-19)25-11-15-3-5-18(17(22)9-15)27-8-7-23-13-27;/h3-10,13H,2,11-12,14H2,1H3,(H2,24,25,26);1H. The molecule has 158 valence electrons. The number of hydrogen-bond donors (Lipinski definition) is 2. The van der Waals surface area contributed by atoms with E-state index in [9.17, 15) is 4.39 Å². The van der Waals surface area contributed by atoms with Crippen molar-refractivity contribution in [3.05, 3.63) is 72.1 Å². The average molecular weight is 523 g/mol. The van der Waals surface area contributed by atoms with E-state index in [1.807, 2.05) is 31.2 Å². The lowest BCUT2D eigenvalue weighted by atomic mass is 10.2. The molecule has 0 saturated heterocycles. The molecule has 0 aliphatic carbocycles. The third-order valence-corrected chi connectivity index (χ3v) is 4.46. The number of fused-ring (bicyclic) bond motifs is 1. The van der Waals surface area contributed by atoms with Crippen molar-refractivity contribution in [2.45, 2.75) is 20.0 Å². The van der Waals surface area contributed by atoms with Crippen LogP contribution in [0.5, 0.6) is 11.5 Å². The molecule has 0 atom stereocenters. The van der Waals surface area contributed by atoms with E-state index in [1.165, 1.54) is 6.07 Å². The highest BCUT2D eigenvalue weighted by Crippen LogP contribution is 2.32. The minimum absolute atomic E-state index is 0. The summed E-state index contributed by atoms with van der Waals surface area (Å²) >= 11 is 0. The number of rotatable bonds is 6. The van der Waals surface area contributed by atoms with E-state index in [0.29, 0.717) is 24.7 Å². The number of aromatic nitrogens is 2. The van der Waals surface area contributed by atoms with Crippen LogP contribution in [0.2, 0.25) is 0 Å². The van der Waals surface area contributed by atoms with Gasteiger partial charge in [0, 0.05) is 25.5 Å². The number of aliphatic imine (C=N–C) groups is 1. The highest BCUT2D eigenvalue weighted by atomic mass is 127. The van der Waals surface area contributed by atoms with Crippen LogP contribution >= 0.6 is 24.0 Å². The summed E-state index contributed by atoms with van der Waals surface area (Å²) < 4.78 is 26.8. The average Bonchev–Trinajstić information content (AvgIpc) is 3.41. The predicted octanol–water partition coefficient (Wildman–Crippen LogP) is 3.61. The normalized spacial score (nSPS) is 12.4. The van der Waals surface area contributed by atoms with Gasteiger partial charge in [-0.05, 0) is 42.3 Å². The molecule has 0 saturated carbocycles. The van der Waals surface area contributed by atoms with Gasteiger partial charge < -0.3 is 24.7 Å². The van der Waals surface area contributed by atoms with Crippen LogP contribution in [0.3, 0.4) is 0 Å². The first-order valence-electron chi connectivity index (χ1n) is 9.40. The smallest absolute Gasteiger partial charge is 0.231 e. The molecule has 9 heteroatoms. The molecule has 2 N–H and O–H groups in total. The SMILES string of the molecule is CCNC(=NCc1ccc(-n2ccnc2)c(F)c1)NCc1ccc2c(c1)OCO2.I. The number of hydrogen-bond acceptors (Lipinski definition) is 4. The van der Waals surface area contributed by atoms with Crippen molar-refractivity contribution in [2.24, 2.45) is 4.99 Å². The molecule has 0 fully saturated rings. The van der Waals surface area contributed by atoms with Crippen molar-refractivity contribution < 1.29 is 13.9 Å². The van der Waals surface area contributed by atoms with Gasteiger partial charge in [-0.1, -0.05) is 12.1 Å². The van der Waals surface area contributed by atoms with Crippen molar-refractivity contribution in [3.8, 4) is 17.2 Å². The fraction of sp³-hybridized carbons (Fsp3) is 0.238. The molecule has 0 spiro atoms. The van der Waals surface area contributed by atoms with Crippen molar-refractivity contribution in [2.75, 3.05) is 13.3 Å². The zero-order valence-corrected chi connectivity index (χ0v) is 18.8. The monoisotopic (exact) mass is 523 g/mol. The second kappa shape index (κ2) is 10.3. The lowest BCUT2D eigenvalue weighted by Gasteiger charge is -2.12. The molecule has 3 aromatic rings. The topological polar surface area (TPSA) is 72.7 Å². The maximum Gasteiger partial charge on any atom is 0.231 e. The number of nitrogens with one attached hydrogen (secondary N) is 2. The Morgan fingerprint density at radius 1 is 1.13 bits per heavy atom. The van der Waals surface area contributed by atoms with Crippen molar-refractivity contribution in [3.63, 3.8) is 0 Å². The summed E-state index contributed by atoms with van der Waals surface area (Å²) in [5, 5.41) is 6.48. The van der Waals surface area contributed by atoms with Gasteiger partial charge >= 0.3 is 0 Å². The Labute approximate surface area is 191 Å². The Morgan fingerprint density at radius 2 is 1.97 bits per heavy atom. The fourth-order valence-electron chi connectivity index (χ4n) is 3.01. The summed E-state index contributed by atoms with van der Waals surface area (Å²) in [7, 11) is 0. The summed E-state index contributed by atoms with van der Waals surface area (Å²) in [5.74, 6) is 1.86. The van der Waals surface area contributed by atoms with Crippen molar-refractivity contribution >= 4 is 29.9 Å². The van der Waals surface area contributed by atoms with Crippen molar-refractivity contribution in [1.29, 1.82) is 0 Å². The van der Waals surface area contributed by atoms with Crippen LogP contribution in [0, 0.1) is 5.82 Å². The Hall–Kier alpha value is -2.82. The minimum atomic E-state index is -0.311. The predicted molar refractivity (Wildman–Crippen MR) is 123 cm³/mol. The van der Waals surface area contributed by atoms with E-state index >= 15 is 0 Å². The first-order chi connectivity index (χ1) is 14.2. The Kier molecular flexibility index (Phi) is 7.50. The van der Waals surface area contributed by atoms with Gasteiger partial charge in [0.15, 0.2) is 17.5 Å². The summed E-state index contributed by atoms with van der Waals surface area (Å²) in [6.45, 7) is 3.92. The van der Waals surface area contributed by atoms with E-state index in [2.05, 4.69) is 20.6 Å². The molecular weight excluding hydrogens is 500 g/mol. The maximum absolute atomic E-state index is 14.4. The zero-order valence-electron chi connectivity index (χ0n) is 16.5. The number of halogens is 2. The maximum atomic E-state index is 14.4. The number of benzene rings is 2. The Balaban J connectivity index is 0.00000256. The molecule has 30 heavy (non-hydrogen) atoms. The Morgan fingerprint density at radius 3 is 2.73 bits per heavy atom. The van der Waals surface area contributed by atoms with E-state index in [1.54, 1.807) is 29.4 Å². The number of guanidine groups is 1. The molecule has 1 aromatic heterocycles. The van der Waals surface area contributed by atoms with E-state index < -0.39 is 0 Å². The lowest BCUT2D eigenvalue weighted by molar-refractivity contribution is 0.174. The van der Waals surface area contributed by atoms with Crippen LogP contribution in [0.25, 0.3) is 5.69 Å². The summed E-state index contributed by atoms with van der Waals surface area (Å²) in [4.78, 5) is 8.51. The summed E-state index contributed by atoms with van der Waals surface area (Å²) in [5.41, 5.74) is 2.30. The zero-order chi connectivity index (χ0) is 20.1. The van der Waals surface area contributed by atoms with Crippen LogP contribution in [-0.2, 0) is 13.1 Å². The Bertz CT molecular complexity index is 1010. The molecule has 0 amide bonds. The molecule has 1 aliphatic rings. The second-order valence-electron chi connectivity index (χ2n) is 6.49. The van der Waals surface area contributed by atoms with Gasteiger partial charge in [-0.3, -0.25) is 0 Å². The van der Waals surface area contributed by atoms with Crippen molar-refractivity contribution in [1.82, 2.24) is 20.2 Å². The largest absolute Gasteiger partial charge is 0.454 e. The first-order valence-corrected chi connectivity index (χ1v) is 9.40. The molecule has 1 aliphatic heterocycles. The second-order valence-corrected chi connectivity index (χ2v) is 6.49. The van der Waals surface area contributed by atoms with E-state index in [0.717, 1.165) is 29.2 Å². The van der Waals surface area contributed by atoms with Gasteiger partial charge in [-0.25, -0.2) is 14.4 Å². The molecule has 0 bridgehead atoms. The van der Waals surface area contributed by atoms with E-state index in [-0.39, 0.29) is 36.6 Å². The third-order valence-electron chi connectivity index (χ3n) is 4.46. The molecule has 4 rings (SSSR count). The summed E-state index contributed by atoms with van der Waals surface area (Å²) in [6, 6.07) is 10.9. The van der Waals surface area contributed by atoms with E-state index in [4.69, 9.17) is 9.47 Å². The molecule has 0 radical (unpaired) electrons. The highest BCUT2D eigenvalue weighted by Gasteiger charge is 2.13. The lowest BCUT2D eigenvalue weighted by Crippen LogP contribution is -2.36. The molecule has 2 heterocycles. The first kappa shape index (κ1) is 21.9. The third kappa shape index (κ3) is 5.21. The number of ether oxygens (including phenoxy) is 2. The van der Waals surface area contributed by atoms with Crippen LogP contribution in [0.15, 0.2) is 60.1 Å². The summed E-state index contributed by atoms with van der Waals surface area (Å²) in [6.07, 6.45) is 4.89. The van der Waals surface area contributed by atoms with Gasteiger partial charge in [0.25, 0.3) is 0 Å². The minimum Gasteiger partial charge on any atom is -0.454 e. The molecule has 7 nitrogen and oxygen atoms in total. The van der Waals surface area contributed by atoms with Crippen LogP contribution in [0.4, 0.5) is 4.39 Å². The number of imidazole rings is 1. The van der Waals surface area contributed by atoms with Gasteiger partial charge in [-0.2, -0.15) is 0 Å². The van der Waals surface area contributed by atoms with Crippen LogP contribution in [0.1, 0.15) is 18.1 Å². The van der Waals surface area contributed by atoms with Gasteiger partial charge in [0.05, 0.1) is 18.6 Å². The quantitative estimate of drug-likeness (QED) is 0.294. The number of nitrogens with zero attached hydrogens (tertiary/aromatic N) is 3. The van der Waals surface area contributed by atoms with Crippen LogP contribution in [-0.4, -0.2) is 28.8 Å².